The van der Waals surface area contributed by atoms with E-state index < -0.39 is 15.9 Å². The van der Waals surface area contributed by atoms with Crippen LogP contribution in [0.4, 0.5) is 11.4 Å². The van der Waals surface area contributed by atoms with Crippen LogP contribution in [0.3, 0.4) is 0 Å². The molecule has 0 bridgehead atoms. The van der Waals surface area contributed by atoms with E-state index in [9.17, 15) is 18.0 Å². The largest absolute Gasteiger partial charge is 0.355 e. The van der Waals surface area contributed by atoms with Gasteiger partial charge in [0.15, 0.2) is 0 Å². The molecule has 0 atom stereocenters. The number of hydrogen-bond donors (Lipinski definition) is 3. The first-order chi connectivity index (χ1) is 13.9. The molecule has 9 heteroatoms. The number of carbonyl (C=O) groups is 2. The van der Waals surface area contributed by atoms with Crippen LogP contribution in [0.5, 0.6) is 0 Å². The van der Waals surface area contributed by atoms with Gasteiger partial charge in [0.1, 0.15) is 4.90 Å². The molecule has 0 unspecified atom stereocenters. The van der Waals surface area contributed by atoms with Crippen LogP contribution in [0.15, 0.2) is 78.0 Å². The third-order valence-corrected chi connectivity index (χ3v) is 5.41. The molecule has 0 saturated carbocycles. The van der Waals surface area contributed by atoms with Crippen LogP contribution >= 0.6 is 0 Å². The van der Waals surface area contributed by atoms with Crippen molar-refractivity contribution in [1.29, 1.82) is 0 Å². The van der Waals surface area contributed by atoms with Crippen molar-refractivity contribution in [3.8, 4) is 0 Å². The fourth-order valence-corrected chi connectivity index (χ4v) is 3.82. The van der Waals surface area contributed by atoms with Crippen LogP contribution in [0, 0.1) is 0 Å². The van der Waals surface area contributed by atoms with Gasteiger partial charge in [-0.25, -0.2) is 8.42 Å². The number of carbonyl (C=O) groups excluding carboxylic acids is 2. The summed E-state index contributed by atoms with van der Waals surface area (Å²) in [6, 6.07) is 15.3. The first kappa shape index (κ1) is 20.0. The predicted molar refractivity (Wildman–Crippen MR) is 109 cm³/mol. The zero-order valence-electron chi connectivity index (χ0n) is 15.4. The third kappa shape index (κ3) is 4.77. The number of nitrogens with one attached hydrogen (secondary N) is 3. The van der Waals surface area contributed by atoms with Crippen molar-refractivity contribution in [2.45, 2.75) is 4.90 Å². The van der Waals surface area contributed by atoms with Gasteiger partial charge < -0.3 is 10.6 Å². The zero-order valence-corrected chi connectivity index (χ0v) is 16.2. The highest BCUT2D eigenvalue weighted by Gasteiger charge is 2.22. The topological polar surface area (TPSA) is 117 Å². The van der Waals surface area contributed by atoms with Gasteiger partial charge in [-0.05, 0) is 48.5 Å². The Morgan fingerprint density at radius 2 is 1.59 bits per heavy atom. The van der Waals surface area contributed by atoms with Crippen molar-refractivity contribution in [2.24, 2.45) is 0 Å². The van der Waals surface area contributed by atoms with E-state index in [4.69, 9.17) is 0 Å². The summed E-state index contributed by atoms with van der Waals surface area (Å²) in [5.41, 5.74) is 1.14. The van der Waals surface area contributed by atoms with E-state index in [0.29, 0.717) is 11.3 Å². The molecular weight excluding hydrogens is 392 g/mol. The normalized spacial score (nSPS) is 10.8. The Kier molecular flexibility index (Phi) is 5.89. The van der Waals surface area contributed by atoms with Crippen LogP contribution in [-0.4, -0.2) is 32.3 Å². The summed E-state index contributed by atoms with van der Waals surface area (Å²) in [5, 5.41) is 5.15. The Bertz CT molecular complexity index is 1130. The lowest BCUT2D eigenvalue weighted by Gasteiger charge is -2.12. The monoisotopic (exact) mass is 410 g/mol. The SMILES string of the molecule is CNC(=O)c1ccc(NC(=O)c2ccccc2S(=O)(=O)Nc2cccnc2)cc1. The van der Waals surface area contributed by atoms with Crippen molar-refractivity contribution in [1.82, 2.24) is 10.3 Å². The number of pyridine rings is 1. The first-order valence-electron chi connectivity index (χ1n) is 8.56. The second kappa shape index (κ2) is 8.53. The van der Waals surface area contributed by atoms with Gasteiger partial charge in [0.25, 0.3) is 21.8 Å². The number of sulfonamides is 1. The fourth-order valence-electron chi connectivity index (χ4n) is 2.57. The van der Waals surface area contributed by atoms with Crippen molar-refractivity contribution >= 4 is 33.2 Å². The second-order valence-electron chi connectivity index (χ2n) is 5.95. The van der Waals surface area contributed by atoms with Gasteiger partial charge in [-0.1, -0.05) is 12.1 Å². The van der Waals surface area contributed by atoms with E-state index in [2.05, 4.69) is 20.3 Å². The Labute approximate surface area is 168 Å². The van der Waals surface area contributed by atoms with Gasteiger partial charge in [-0.15, -0.1) is 0 Å². The van der Waals surface area contributed by atoms with E-state index in [0.717, 1.165) is 0 Å². The van der Waals surface area contributed by atoms with E-state index >= 15 is 0 Å². The average molecular weight is 410 g/mol. The fraction of sp³-hybridized carbons (Fsp3) is 0.0500. The van der Waals surface area contributed by atoms with Crippen molar-refractivity contribution in [3.05, 3.63) is 84.2 Å². The van der Waals surface area contributed by atoms with Crippen LogP contribution < -0.4 is 15.4 Å². The molecule has 3 aromatic rings. The Balaban J connectivity index is 1.84. The number of anilines is 2. The molecule has 148 valence electrons. The summed E-state index contributed by atoms with van der Waals surface area (Å²) in [7, 11) is -2.48. The molecule has 0 fully saturated rings. The molecular formula is C20H18N4O4S. The lowest BCUT2D eigenvalue weighted by Crippen LogP contribution is -2.20. The lowest BCUT2D eigenvalue weighted by molar-refractivity contribution is 0.0962. The van der Waals surface area contributed by atoms with Crippen LogP contribution in [0.1, 0.15) is 20.7 Å². The van der Waals surface area contributed by atoms with Crippen molar-refractivity contribution in [3.63, 3.8) is 0 Å². The van der Waals surface area contributed by atoms with E-state index in [1.165, 1.54) is 37.6 Å². The predicted octanol–water partition coefficient (Wildman–Crippen LogP) is 2.49. The van der Waals surface area contributed by atoms with Crippen LogP contribution in [-0.2, 0) is 10.0 Å². The van der Waals surface area contributed by atoms with Gasteiger partial charge in [-0.2, -0.15) is 0 Å². The Morgan fingerprint density at radius 1 is 0.862 bits per heavy atom. The Hall–Kier alpha value is -3.72. The lowest BCUT2D eigenvalue weighted by atomic mass is 10.1. The molecule has 2 aromatic carbocycles. The summed E-state index contributed by atoms with van der Waals surface area (Å²) in [5.74, 6) is -0.842. The molecule has 29 heavy (non-hydrogen) atoms. The summed E-state index contributed by atoms with van der Waals surface area (Å²) >= 11 is 0. The smallest absolute Gasteiger partial charge is 0.262 e. The molecule has 3 N–H and O–H groups in total. The van der Waals surface area contributed by atoms with Crippen molar-refractivity contribution < 1.29 is 18.0 Å². The minimum atomic E-state index is -4.01. The molecule has 0 spiro atoms. The number of aromatic nitrogens is 1. The quantitative estimate of drug-likeness (QED) is 0.577. The molecule has 0 radical (unpaired) electrons. The summed E-state index contributed by atoms with van der Waals surface area (Å²) in [6.07, 6.45) is 2.89. The standard InChI is InChI=1S/C20H18N4O4S/c1-21-19(25)14-8-10-15(11-9-14)23-20(26)17-6-2-3-7-18(17)29(27,28)24-16-5-4-12-22-13-16/h2-13,24H,1H3,(H,21,25)(H,23,26). The maximum Gasteiger partial charge on any atom is 0.262 e. The van der Waals surface area contributed by atoms with Gasteiger partial charge in [-0.3, -0.25) is 19.3 Å². The molecule has 2 amide bonds. The van der Waals surface area contributed by atoms with Gasteiger partial charge in [0, 0.05) is 24.5 Å². The number of amides is 2. The number of nitrogens with zero attached hydrogens (tertiary/aromatic N) is 1. The van der Waals surface area contributed by atoms with Crippen LogP contribution in [0.25, 0.3) is 0 Å². The molecule has 3 rings (SSSR count). The maximum absolute atomic E-state index is 12.8. The molecule has 1 aromatic heterocycles. The highest BCUT2D eigenvalue weighted by atomic mass is 32.2. The van der Waals surface area contributed by atoms with E-state index in [1.54, 1.807) is 42.5 Å². The third-order valence-electron chi connectivity index (χ3n) is 3.97. The summed E-state index contributed by atoms with van der Waals surface area (Å²) < 4.78 is 27.9. The minimum absolute atomic E-state index is 0.0146. The Morgan fingerprint density at radius 3 is 2.24 bits per heavy atom. The number of hydrogen-bond acceptors (Lipinski definition) is 5. The maximum atomic E-state index is 12.8. The zero-order chi connectivity index (χ0) is 20.9. The van der Waals surface area contributed by atoms with Gasteiger partial charge in [0.05, 0.1) is 17.4 Å². The molecule has 0 aliphatic heterocycles. The van der Waals surface area contributed by atoms with E-state index in [1.807, 2.05) is 0 Å². The summed E-state index contributed by atoms with van der Waals surface area (Å²) in [4.78, 5) is 28.0. The highest BCUT2D eigenvalue weighted by molar-refractivity contribution is 7.92. The molecule has 8 nitrogen and oxygen atoms in total. The molecule has 0 aliphatic rings. The molecule has 1 heterocycles. The summed E-state index contributed by atoms with van der Waals surface area (Å²) in [6.45, 7) is 0. The second-order valence-corrected chi connectivity index (χ2v) is 7.60. The van der Waals surface area contributed by atoms with E-state index in [-0.39, 0.29) is 22.1 Å². The number of rotatable bonds is 6. The highest BCUT2D eigenvalue weighted by Crippen LogP contribution is 2.21. The van der Waals surface area contributed by atoms with Crippen LogP contribution in [0.2, 0.25) is 0 Å². The first-order valence-corrected chi connectivity index (χ1v) is 10.0. The van der Waals surface area contributed by atoms with Crippen molar-refractivity contribution in [2.75, 3.05) is 17.1 Å². The molecule has 0 aliphatic carbocycles. The number of benzene rings is 2. The average Bonchev–Trinajstić information content (AvgIpc) is 2.74. The van der Waals surface area contributed by atoms with Gasteiger partial charge >= 0.3 is 0 Å². The van der Waals surface area contributed by atoms with Gasteiger partial charge in [0.2, 0.25) is 0 Å². The molecule has 0 saturated heterocycles. The minimum Gasteiger partial charge on any atom is -0.355 e.